The van der Waals surface area contributed by atoms with Gasteiger partial charge in [-0.05, 0) is 42.5 Å². The van der Waals surface area contributed by atoms with Crippen LogP contribution >= 0.6 is 11.3 Å². The summed E-state index contributed by atoms with van der Waals surface area (Å²) in [5.41, 5.74) is 0.419. The number of carboxylic acids is 1. The second-order valence-electron chi connectivity index (χ2n) is 7.64. The number of carbonyl (C=O) groups is 1. The molecule has 0 saturated heterocycles. The molecule has 33 heavy (non-hydrogen) atoms. The van der Waals surface area contributed by atoms with Gasteiger partial charge in [-0.2, -0.15) is 0 Å². The van der Waals surface area contributed by atoms with Crippen molar-refractivity contribution in [1.29, 1.82) is 0 Å². The Bertz CT molecular complexity index is 1360. The van der Waals surface area contributed by atoms with Gasteiger partial charge in [-0.25, -0.2) is 9.18 Å². The Balaban J connectivity index is 1.65. The third-order valence-electron chi connectivity index (χ3n) is 4.88. The number of halogens is 1. The molecule has 2 aromatic heterocycles. The molecule has 0 radical (unpaired) electrons. The van der Waals surface area contributed by atoms with Crippen LogP contribution in [0.1, 0.15) is 40.7 Å². The summed E-state index contributed by atoms with van der Waals surface area (Å²) in [6.45, 7) is 4.12. The Hall–Kier alpha value is -3.85. The second kappa shape index (κ2) is 9.33. The maximum atomic E-state index is 14.4. The molecular weight excluding hydrogens is 445 g/mol. The van der Waals surface area contributed by atoms with E-state index in [-0.39, 0.29) is 23.8 Å². The summed E-state index contributed by atoms with van der Waals surface area (Å²) in [4.78, 5) is 23.5. The van der Waals surface area contributed by atoms with Crippen LogP contribution in [0, 0.1) is 5.82 Å². The zero-order chi connectivity index (χ0) is 23.5. The van der Waals surface area contributed by atoms with E-state index >= 15 is 0 Å². The summed E-state index contributed by atoms with van der Waals surface area (Å²) in [6.07, 6.45) is 1.57. The van der Waals surface area contributed by atoms with Crippen LogP contribution in [0.25, 0.3) is 10.6 Å². The Labute approximate surface area is 192 Å². The van der Waals surface area contributed by atoms with E-state index in [9.17, 15) is 19.1 Å². The molecule has 7 nitrogen and oxygen atoms in total. The number of pyridine rings is 1. The van der Waals surface area contributed by atoms with Crippen molar-refractivity contribution >= 4 is 17.3 Å². The maximum Gasteiger partial charge on any atom is 0.338 e. The van der Waals surface area contributed by atoms with Gasteiger partial charge in [0.05, 0.1) is 12.1 Å². The summed E-state index contributed by atoms with van der Waals surface area (Å²) in [5, 5.41) is 19.5. The molecule has 0 aliphatic heterocycles. The van der Waals surface area contributed by atoms with E-state index in [1.165, 1.54) is 22.0 Å². The minimum absolute atomic E-state index is 0.0205. The van der Waals surface area contributed by atoms with E-state index in [1.807, 2.05) is 12.1 Å². The lowest BCUT2D eigenvalue weighted by atomic mass is 10.1. The molecule has 0 bridgehead atoms. The lowest BCUT2D eigenvalue weighted by Gasteiger charge is -2.14. The van der Waals surface area contributed by atoms with E-state index < -0.39 is 17.3 Å². The molecule has 2 heterocycles. The summed E-state index contributed by atoms with van der Waals surface area (Å²) in [5.74, 6) is -1.45. The molecule has 168 valence electrons. The van der Waals surface area contributed by atoms with Crippen LogP contribution in [0.2, 0.25) is 0 Å². The average molecular weight is 466 g/mol. The van der Waals surface area contributed by atoms with Gasteiger partial charge in [0.2, 0.25) is 0 Å². The maximum absolute atomic E-state index is 14.4. The number of benzene rings is 2. The van der Waals surface area contributed by atoms with E-state index in [4.69, 9.17) is 4.74 Å². The van der Waals surface area contributed by atoms with Gasteiger partial charge >= 0.3 is 5.97 Å². The fourth-order valence-electron chi connectivity index (χ4n) is 3.13. The first-order valence-electron chi connectivity index (χ1n) is 10.1. The molecule has 2 aromatic carbocycles. The van der Waals surface area contributed by atoms with Crippen LogP contribution < -0.4 is 10.3 Å². The monoisotopic (exact) mass is 465 g/mol. The minimum atomic E-state index is -1.41. The predicted octanol–water partition coefficient (Wildman–Crippen LogP) is 5.17. The highest BCUT2D eigenvalue weighted by molar-refractivity contribution is 7.14. The number of carboxylic acid groups (broad SMARTS) is 1. The molecule has 0 amide bonds. The van der Waals surface area contributed by atoms with Crippen molar-refractivity contribution in [3.8, 4) is 22.1 Å². The van der Waals surface area contributed by atoms with Gasteiger partial charge in [-0.1, -0.05) is 31.3 Å². The summed E-state index contributed by atoms with van der Waals surface area (Å²) in [6, 6.07) is 14.0. The van der Waals surface area contributed by atoms with Crippen molar-refractivity contribution in [3.05, 3.63) is 93.1 Å². The molecule has 4 rings (SSSR count). The highest BCUT2D eigenvalue weighted by Crippen LogP contribution is 2.32. The lowest BCUT2D eigenvalue weighted by Crippen LogP contribution is -2.19. The van der Waals surface area contributed by atoms with E-state index in [0.717, 1.165) is 27.7 Å². The molecule has 0 aliphatic rings. The number of rotatable bonds is 7. The fraction of sp³-hybridized carbons (Fsp3) is 0.167. The Morgan fingerprint density at radius 3 is 2.55 bits per heavy atom. The second-order valence-corrected chi connectivity index (χ2v) is 8.65. The first kappa shape index (κ1) is 22.3. The summed E-state index contributed by atoms with van der Waals surface area (Å²) >= 11 is 1.51. The SMILES string of the molecule is CC(C)c1nnc(-c2ccc(Oc3cc(C(=O)O)c(F)cc3Cn3ccccc3=O)cc2)s1. The third-order valence-corrected chi connectivity index (χ3v) is 6.16. The molecule has 0 saturated carbocycles. The van der Waals surface area contributed by atoms with Gasteiger partial charge in [-0.15, -0.1) is 10.2 Å². The first-order valence-corrected chi connectivity index (χ1v) is 11.0. The summed E-state index contributed by atoms with van der Waals surface area (Å²) < 4.78 is 21.7. The number of ether oxygens (including phenoxy) is 1. The standard InChI is InChI=1S/C24H20FN3O4S/c1-14(2)22-26-27-23(33-22)15-6-8-17(9-7-15)32-20-12-18(24(30)31)19(25)11-16(20)13-28-10-4-3-5-21(28)29/h3-12,14H,13H2,1-2H3,(H,30,31). The Morgan fingerprint density at radius 2 is 1.91 bits per heavy atom. The van der Waals surface area contributed by atoms with Gasteiger partial charge in [0.25, 0.3) is 5.56 Å². The largest absolute Gasteiger partial charge is 0.478 e. The Morgan fingerprint density at radius 1 is 1.15 bits per heavy atom. The molecule has 0 fully saturated rings. The van der Waals surface area contributed by atoms with Gasteiger partial charge in [0, 0.05) is 29.3 Å². The third kappa shape index (κ3) is 4.98. The fourth-order valence-corrected chi connectivity index (χ4v) is 3.98. The molecule has 9 heteroatoms. The van der Waals surface area contributed by atoms with Gasteiger partial charge in [-0.3, -0.25) is 4.79 Å². The molecule has 4 aromatic rings. The van der Waals surface area contributed by atoms with Crippen LogP contribution in [-0.4, -0.2) is 25.8 Å². The van der Waals surface area contributed by atoms with Crippen molar-refractivity contribution in [2.45, 2.75) is 26.3 Å². The zero-order valence-corrected chi connectivity index (χ0v) is 18.7. The highest BCUT2D eigenvalue weighted by atomic mass is 32.1. The van der Waals surface area contributed by atoms with Gasteiger partial charge in [0.15, 0.2) is 0 Å². The van der Waals surface area contributed by atoms with Crippen molar-refractivity contribution in [2.24, 2.45) is 0 Å². The molecule has 0 unspecified atom stereocenters. The van der Waals surface area contributed by atoms with Crippen LogP contribution in [0.5, 0.6) is 11.5 Å². The smallest absolute Gasteiger partial charge is 0.338 e. The first-order chi connectivity index (χ1) is 15.8. The van der Waals surface area contributed by atoms with Crippen molar-refractivity contribution in [3.63, 3.8) is 0 Å². The predicted molar refractivity (Wildman–Crippen MR) is 123 cm³/mol. The van der Waals surface area contributed by atoms with Crippen LogP contribution in [-0.2, 0) is 6.54 Å². The quantitative estimate of drug-likeness (QED) is 0.405. The average Bonchev–Trinajstić information content (AvgIpc) is 3.28. The van der Waals surface area contributed by atoms with Gasteiger partial charge in [0.1, 0.15) is 27.3 Å². The Kier molecular flexibility index (Phi) is 6.32. The minimum Gasteiger partial charge on any atom is -0.478 e. The molecule has 1 N–H and O–H groups in total. The van der Waals surface area contributed by atoms with E-state index in [1.54, 1.807) is 30.5 Å². The number of hydrogen-bond acceptors (Lipinski definition) is 6. The van der Waals surface area contributed by atoms with E-state index in [0.29, 0.717) is 11.3 Å². The number of aromatic nitrogens is 3. The van der Waals surface area contributed by atoms with Gasteiger partial charge < -0.3 is 14.4 Å². The summed E-state index contributed by atoms with van der Waals surface area (Å²) in [7, 11) is 0. The number of aromatic carboxylic acids is 1. The lowest BCUT2D eigenvalue weighted by molar-refractivity contribution is 0.0691. The van der Waals surface area contributed by atoms with Crippen LogP contribution in [0.3, 0.4) is 0 Å². The molecule has 0 aliphatic carbocycles. The zero-order valence-electron chi connectivity index (χ0n) is 17.9. The molecule has 0 spiro atoms. The number of nitrogens with zero attached hydrogens (tertiary/aromatic N) is 3. The topological polar surface area (TPSA) is 94.3 Å². The number of hydrogen-bond donors (Lipinski definition) is 1. The van der Waals surface area contributed by atoms with Crippen LogP contribution in [0.4, 0.5) is 4.39 Å². The normalized spacial score (nSPS) is 11.0. The van der Waals surface area contributed by atoms with Crippen molar-refractivity contribution < 1.29 is 19.0 Å². The van der Waals surface area contributed by atoms with Crippen molar-refractivity contribution in [2.75, 3.05) is 0 Å². The van der Waals surface area contributed by atoms with Crippen LogP contribution in [0.15, 0.2) is 65.6 Å². The highest BCUT2D eigenvalue weighted by Gasteiger charge is 2.18. The molecular formula is C24H20FN3O4S. The van der Waals surface area contributed by atoms with E-state index in [2.05, 4.69) is 24.0 Å². The van der Waals surface area contributed by atoms with Crippen molar-refractivity contribution in [1.82, 2.24) is 14.8 Å². The molecule has 0 atom stereocenters.